The highest BCUT2D eigenvalue weighted by atomic mass is 16.3. The summed E-state index contributed by atoms with van der Waals surface area (Å²) in [6.45, 7) is 5.64. The van der Waals surface area contributed by atoms with Crippen molar-refractivity contribution < 1.29 is 14.7 Å². The van der Waals surface area contributed by atoms with Crippen LogP contribution in [0.5, 0.6) is 0 Å². The van der Waals surface area contributed by atoms with Gasteiger partial charge in [0, 0.05) is 19.6 Å². The van der Waals surface area contributed by atoms with E-state index in [1.807, 2.05) is 0 Å². The number of rotatable bonds is 5. The van der Waals surface area contributed by atoms with Crippen molar-refractivity contribution in [2.45, 2.75) is 71.6 Å². The van der Waals surface area contributed by atoms with E-state index >= 15 is 0 Å². The standard InChI is InChI=1S/C23H35NO3/c1-4-20(27)24-16-21(2)9-5-10-22(3)18(21)8-11-23(12-13-25)14-17(15-26)6-7-19(22)23/h1,13,17-19,26H,5-12,14-16H2,2-3H3,(H,24,27)/t17-,18?,19?,21+,22-,23+/m1/s1. The zero-order valence-corrected chi connectivity index (χ0v) is 16.9. The Hall–Kier alpha value is -1.34. The molecular formula is C23H35NO3. The van der Waals surface area contributed by atoms with Crippen LogP contribution in [0.1, 0.15) is 71.6 Å². The van der Waals surface area contributed by atoms with Gasteiger partial charge in [0.2, 0.25) is 0 Å². The van der Waals surface area contributed by atoms with E-state index in [2.05, 4.69) is 25.1 Å². The molecule has 3 saturated carbocycles. The molecule has 3 rings (SSSR count). The lowest BCUT2D eigenvalue weighted by atomic mass is 9.39. The van der Waals surface area contributed by atoms with Crippen molar-refractivity contribution in [2.24, 2.45) is 34.0 Å². The summed E-state index contributed by atoms with van der Waals surface area (Å²) in [5, 5.41) is 12.7. The minimum atomic E-state index is -0.321. The maximum atomic E-state index is 11.7. The van der Waals surface area contributed by atoms with Crippen LogP contribution in [0.4, 0.5) is 0 Å². The van der Waals surface area contributed by atoms with E-state index in [4.69, 9.17) is 6.42 Å². The highest BCUT2D eigenvalue weighted by molar-refractivity contribution is 5.92. The summed E-state index contributed by atoms with van der Waals surface area (Å²) in [6, 6.07) is 0. The van der Waals surface area contributed by atoms with E-state index in [0.29, 0.717) is 30.7 Å². The van der Waals surface area contributed by atoms with E-state index in [0.717, 1.165) is 51.2 Å². The van der Waals surface area contributed by atoms with Crippen LogP contribution in [-0.2, 0) is 9.59 Å². The Morgan fingerprint density at radius 2 is 2.00 bits per heavy atom. The third kappa shape index (κ3) is 3.44. The Bertz CT molecular complexity index is 626. The van der Waals surface area contributed by atoms with Gasteiger partial charge in [-0.2, -0.15) is 0 Å². The molecule has 150 valence electrons. The molecule has 4 nitrogen and oxygen atoms in total. The average molecular weight is 374 g/mol. The normalized spacial score (nSPS) is 43.7. The topological polar surface area (TPSA) is 66.4 Å². The molecule has 0 aromatic carbocycles. The summed E-state index contributed by atoms with van der Waals surface area (Å²) in [5.74, 6) is 3.25. The van der Waals surface area contributed by atoms with Crippen molar-refractivity contribution in [1.82, 2.24) is 5.32 Å². The van der Waals surface area contributed by atoms with Gasteiger partial charge in [-0.25, -0.2) is 0 Å². The van der Waals surface area contributed by atoms with Gasteiger partial charge in [0.25, 0.3) is 5.91 Å². The number of terminal acetylenes is 1. The first kappa shape index (κ1) is 20.4. The molecule has 0 aliphatic heterocycles. The lowest BCUT2D eigenvalue weighted by Gasteiger charge is -2.65. The highest BCUT2D eigenvalue weighted by Crippen LogP contribution is 2.68. The van der Waals surface area contributed by atoms with Crippen molar-refractivity contribution >= 4 is 12.2 Å². The Kier molecular flexibility index (Phi) is 5.73. The zero-order valence-electron chi connectivity index (χ0n) is 16.9. The number of aliphatic hydroxyl groups excluding tert-OH is 1. The van der Waals surface area contributed by atoms with Crippen molar-refractivity contribution in [3.8, 4) is 12.3 Å². The quantitative estimate of drug-likeness (QED) is 0.574. The Labute approximate surface area is 163 Å². The summed E-state index contributed by atoms with van der Waals surface area (Å²) >= 11 is 0. The second kappa shape index (κ2) is 7.59. The second-order valence-electron chi connectivity index (χ2n) is 10.0. The summed E-state index contributed by atoms with van der Waals surface area (Å²) in [7, 11) is 0. The first-order valence-corrected chi connectivity index (χ1v) is 10.6. The fraction of sp³-hybridized carbons (Fsp3) is 0.826. The van der Waals surface area contributed by atoms with Gasteiger partial charge < -0.3 is 15.2 Å². The largest absolute Gasteiger partial charge is 0.396 e. The van der Waals surface area contributed by atoms with Crippen LogP contribution in [0.3, 0.4) is 0 Å². The van der Waals surface area contributed by atoms with Crippen LogP contribution in [-0.4, -0.2) is 30.5 Å². The number of nitrogens with one attached hydrogen (secondary N) is 1. The van der Waals surface area contributed by atoms with E-state index in [9.17, 15) is 14.7 Å². The van der Waals surface area contributed by atoms with Gasteiger partial charge >= 0.3 is 0 Å². The Morgan fingerprint density at radius 1 is 1.22 bits per heavy atom. The van der Waals surface area contributed by atoms with Crippen molar-refractivity contribution in [1.29, 1.82) is 0 Å². The fourth-order valence-corrected chi connectivity index (χ4v) is 7.57. The number of hydrogen-bond donors (Lipinski definition) is 2. The van der Waals surface area contributed by atoms with Crippen LogP contribution in [0.2, 0.25) is 0 Å². The summed E-state index contributed by atoms with van der Waals surface area (Å²) in [5.41, 5.74) is 0.301. The zero-order chi connectivity index (χ0) is 19.7. The molecule has 3 fully saturated rings. The third-order valence-corrected chi connectivity index (χ3v) is 8.66. The van der Waals surface area contributed by atoms with Gasteiger partial charge in [0.05, 0.1) is 0 Å². The number of fused-ring (bicyclic) bond motifs is 3. The third-order valence-electron chi connectivity index (χ3n) is 8.66. The number of aldehydes is 1. The van der Waals surface area contributed by atoms with Crippen molar-refractivity contribution in [3.05, 3.63) is 0 Å². The molecule has 2 N–H and O–H groups in total. The Morgan fingerprint density at radius 3 is 2.67 bits per heavy atom. The first-order chi connectivity index (χ1) is 12.8. The molecule has 0 radical (unpaired) electrons. The molecule has 0 aromatic rings. The fourth-order valence-electron chi connectivity index (χ4n) is 7.57. The number of aliphatic hydroxyl groups is 1. The highest BCUT2D eigenvalue weighted by Gasteiger charge is 2.61. The minimum Gasteiger partial charge on any atom is -0.396 e. The predicted octanol–water partition coefficient (Wildman–Crippen LogP) is 3.33. The van der Waals surface area contributed by atoms with Gasteiger partial charge in [0.15, 0.2) is 0 Å². The average Bonchev–Trinajstić information content (AvgIpc) is 2.65. The summed E-state index contributed by atoms with van der Waals surface area (Å²) < 4.78 is 0. The van der Waals surface area contributed by atoms with E-state index < -0.39 is 0 Å². The van der Waals surface area contributed by atoms with Gasteiger partial charge in [-0.1, -0.05) is 20.3 Å². The molecule has 1 amide bonds. The summed E-state index contributed by atoms with van der Waals surface area (Å²) in [4.78, 5) is 23.3. The van der Waals surface area contributed by atoms with E-state index in [1.165, 1.54) is 6.42 Å². The lowest BCUT2D eigenvalue weighted by molar-refractivity contribution is -0.166. The molecule has 0 heterocycles. The van der Waals surface area contributed by atoms with Crippen LogP contribution in [0.15, 0.2) is 0 Å². The number of hydrogen-bond acceptors (Lipinski definition) is 3. The maximum absolute atomic E-state index is 11.7. The first-order valence-electron chi connectivity index (χ1n) is 10.6. The lowest BCUT2D eigenvalue weighted by Crippen LogP contribution is -2.59. The number of amides is 1. The van der Waals surface area contributed by atoms with Crippen LogP contribution in [0, 0.1) is 46.3 Å². The molecule has 3 aliphatic carbocycles. The van der Waals surface area contributed by atoms with Gasteiger partial charge in [-0.05, 0) is 84.9 Å². The second-order valence-corrected chi connectivity index (χ2v) is 10.0. The van der Waals surface area contributed by atoms with Crippen molar-refractivity contribution in [3.63, 3.8) is 0 Å². The molecule has 2 unspecified atom stereocenters. The molecular weight excluding hydrogens is 338 g/mol. The Balaban J connectivity index is 1.89. The number of carbonyl (C=O) groups is 2. The molecule has 3 aliphatic rings. The molecule has 6 atom stereocenters. The maximum Gasteiger partial charge on any atom is 0.295 e. The monoisotopic (exact) mass is 373 g/mol. The van der Waals surface area contributed by atoms with Gasteiger partial charge in [-0.15, -0.1) is 6.42 Å². The van der Waals surface area contributed by atoms with Crippen LogP contribution >= 0.6 is 0 Å². The van der Waals surface area contributed by atoms with E-state index in [-0.39, 0.29) is 28.8 Å². The van der Waals surface area contributed by atoms with Crippen molar-refractivity contribution in [2.75, 3.05) is 13.2 Å². The smallest absolute Gasteiger partial charge is 0.295 e. The van der Waals surface area contributed by atoms with Crippen LogP contribution in [0.25, 0.3) is 0 Å². The predicted molar refractivity (Wildman–Crippen MR) is 106 cm³/mol. The molecule has 0 bridgehead atoms. The molecule has 0 saturated heterocycles. The molecule has 4 heteroatoms. The SMILES string of the molecule is C#CC(=O)NC[C@]1(C)CCC[C@]2(C)C1CC[C@]1(CC=O)C[C@H](CO)CCC12. The summed E-state index contributed by atoms with van der Waals surface area (Å²) in [6.07, 6.45) is 15.8. The molecule has 0 aromatic heterocycles. The van der Waals surface area contributed by atoms with E-state index in [1.54, 1.807) is 0 Å². The van der Waals surface area contributed by atoms with Gasteiger partial charge in [-0.3, -0.25) is 4.79 Å². The van der Waals surface area contributed by atoms with Gasteiger partial charge in [0.1, 0.15) is 6.29 Å². The number of carbonyl (C=O) groups excluding carboxylic acids is 2. The molecule has 0 spiro atoms. The minimum absolute atomic E-state index is 0.0545. The molecule has 27 heavy (non-hydrogen) atoms. The van der Waals surface area contributed by atoms with Crippen LogP contribution < -0.4 is 5.32 Å².